The highest BCUT2D eigenvalue weighted by Gasteiger charge is 2.19. The molecule has 0 saturated carbocycles. The molecule has 0 aliphatic heterocycles. The first kappa shape index (κ1) is 25.1. The van der Waals surface area contributed by atoms with Gasteiger partial charge >= 0.3 is 0 Å². The Morgan fingerprint density at radius 3 is 1.70 bits per heavy atom. The van der Waals surface area contributed by atoms with E-state index in [0.717, 1.165) is 49.8 Å². The lowest BCUT2D eigenvalue weighted by Crippen LogP contribution is -1.96. The van der Waals surface area contributed by atoms with Crippen LogP contribution >= 0.6 is 0 Å². The molecule has 1 aromatic heterocycles. The van der Waals surface area contributed by atoms with Gasteiger partial charge in [0.1, 0.15) is 11.2 Å². The molecule has 8 aromatic rings. The van der Waals surface area contributed by atoms with Crippen molar-refractivity contribution in [1.82, 2.24) is 0 Å². The molecule has 0 spiro atoms. The number of hydrogen-bond donors (Lipinski definition) is 0. The van der Waals surface area contributed by atoms with Crippen molar-refractivity contribution in [3.05, 3.63) is 158 Å². The molecule has 8 rings (SSSR count). The third-order valence-electron chi connectivity index (χ3n) is 8.60. The lowest BCUT2D eigenvalue weighted by atomic mass is 9.82. The third kappa shape index (κ3) is 4.01. The third-order valence-corrected chi connectivity index (χ3v) is 8.60. The van der Waals surface area contributed by atoms with E-state index in [4.69, 9.17) is 4.42 Å². The van der Waals surface area contributed by atoms with Gasteiger partial charge in [-0.3, -0.25) is 0 Å². The van der Waals surface area contributed by atoms with Crippen LogP contribution in [0.25, 0.3) is 89.0 Å². The predicted octanol–water partition coefficient (Wildman–Crippen LogP) is 12.2. The second-order valence-corrected chi connectivity index (χ2v) is 11.0. The molecule has 43 heavy (non-hydrogen) atoms. The van der Waals surface area contributed by atoms with Gasteiger partial charge < -0.3 is 4.42 Å². The molecule has 0 unspecified atom stereocenters. The summed E-state index contributed by atoms with van der Waals surface area (Å²) >= 11 is 0. The zero-order valence-corrected chi connectivity index (χ0v) is 23.7. The first-order valence-electron chi connectivity index (χ1n) is 14.6. The van der Waals surface area contributed by atoms with Crippen LogP contribution in [0.1, 0.15) is 11.1 Å². The molecule has 0 aliphatic rings. The van der Waals surface area contributed by atoms with Gasteiger partial charge in [-0.05, 0) is 96.4 Å². The van der Waals surface area contributed by atoms with Crippen molar-refractivity contribution < 1.29 is 4.42 Å². The minimum Gasteiger partial charge on any atom is -0.456 e. The molecular formula is C42H28O. The number of para-hydroxylation sites is 1. The molecule has 0 N–H and O–H groups in total. The summed E-state index contributed by atoms with van der Waals surface area (Å²) in [4.78, 5) is 0. The summed E-state index contributed by atoms with van der Waals surface area (Å²) in [6, 6.07) is 47.4. The SMILES string of the molecule is C=Cc1c(C=C)c(-c2ccc3ccccc3c2)c2ccccc2c1-c1cccc(-c2ccc3oc4ccccc4c3c2)c1. The monoisotopic (exact) mass is 548 g/mol. The highest BCUT2D eigenvalue weighted by molar-refractivity contribution is 6.12. The van der Waals surface area contributed by atoms with Gasteiger partial charge in [0, 0.05) is 10.8 Å². The maximum absolute atomic E-state index is 6.09. The van der Waals surface area contributed by atoms with Crippen molar-refractivity contribution in [3.63, 3.8) is 0 Å². The zero-order valence-electron chi connectivity index (χ0n) is 23.7. The van der Waals surface area contributed by atoms with Crippen LogP contribution < -0.4 is 0 Å². The standard InChI is InChI=1S/C42H28O/c1-3-33-34(4-2)42(32-21-20-27-12-5-6-13-28(27)24-32)37-18-8-7-17-36(37)41(33)31-15-11-14-29(25-31)30-22-23-40-38(26-30)35-16-9-10-19-39(35)43-40/h3-26H,1-2H2. The quantitative estimate of drug-likeness (QED) is 0.208. The topological polar surface area (TPSA) is 13.1 Å². The number of benzene rings is 7. The van der Waals surface area contributed by atoms with Crippen LogP contribution in [0, 0.1) is 0 Å². The zero-order chi connectivity index (χ0) is 28.9. The molecule has 0 radical (unpaired) electrons. The normalized spacial score (nSPS) is 11.4. The van der Waals surface area contributed by atoms with E-state index in [0.29, 0.717) is 0 Å². The van der Waals surface area contributed by atoms with Crippen LogP contribution in [-0.4, -0.2) is 0 Å². The van der Waals surface area contributed by atoms with Gasteiger partial charge in [-0.25, -0.2) is 0 Å². The summed E-state index contributed by atoms with van der Waals surface area (Å²) in [6.45, 7) is 8.58. The van der Waals surface area contributed by atoms with E-state index in [9.17, 15) is 0 Å². The van der Waals surface area contributed by atoms with Crippen molar-refractivity contribution in [3.8, 4) is 33.4 Å². The Bertz CT molecular complexity index is 2380. The van der Waals surface area contributed by atoms with Crippen LogP contribution in [-0.2, 0) is 0 Å². The number of hydrogen-bond acceptors (Lipinski definition) is 1. The Kier molecular flexibility index (Phi) is 5.84. The van der Waals surface area contributed by atoms with Gasteiger partial charge in [0.05, 0.1) is 0 Å². The Balaban J connectivity index is 1.36. The Hall–Kier alpha value is -5.66. The van der Waals surface area contributed by atoms with Crippen LogP contribution in [0.15, 0.2) is 151 Å². The molecule has 1 nitrogen and oxygen atoms in total. The van der Waals surface area contributed by atoms with Gasteiger partial charge in [-0.1, -0.05) is 128 Å². The summed E-state index contributed by atoms with van der Waals surface area (Å²) in [5.74, 6) is 0. The van der Waals surface area contributed by atoms with E-state index in [2.05, 4.69) is 134 Å². The maximum atomic E-state index is 6.09. The van der Waals surface area contributed by atoms with Crippen LogP contribution in [0.5, 0.6) is 0 Å². The lowest BCUT2D eigenvalue weighted by Gasteiger charge is -2.21. The Labute approximate surface area is 250 Å². The van der Waals surface area contributed by atoms with Crippen LogP contribution in [0.3, 0.4) is 0 Å². The average molecular weight is 549 g/mol. The van der Waals surface area contributed by atoms with Crippen molar-refractivity contribution in [2.24, 2.45) is 0 Å². The fourth-order valence-corrected chi connectivity index (χ4v) is 6.63. The molecule has 0 bridgehead atoms. The second-order valence-electron chi connectivity index (χ2n) is 11.0. The Morgan fingerprint density at radius 2 is 0.953 bits per heavy atom. The summed E-state index contributed by atoms with van der Waals surface area (Å²) in [6.07, 6.45) is 3.97. The van der Waals surface area contributed by atoms with E-state index in [1.165, 1.54) is 38.2 Å². The highest BCUT2D eigenvalue weighted by Crippen LogP contribution is 2.44. The molecule has 1 heteroatoms. The number of furan rings is 1. The first-order valence-corrected chi connectivity index (χ1v) is 14.6. The van der Waals surface area contributed by atoms with Crippen molar-refractivity contribution in [2.45, 2.75) is 0 Å². The highest BCUT2D eigenvalue weighted by atomic mass is 16.3. The lowest BCUT2D eigenvalue weighted by molar-refractivity contribution is 0.669. The van der Waals surface area contributed by atoms with Gasteiger partial charge in [-0.2, -0.15) is 0 Å². The molecule has 0 fully saturated rings. The summed E-state index contributed by atoms with van der Waals surface area (Å²) in [5, 5.41) is 7.11. The molecule has 0 atom stereocenters. The van der Waals surface area contributed by atoms with E-state index < -0.39 is 0 Å². The molecule has 0 aliphatic carbocycles. The second kappa shape index (κ2) is 10.0. The summed E-state index contributed by atoms with van der Waals surface area (Å²) in [5.41, 5.74) is 11.0. The number of fused-ring (bicyclic) bond motifs is 5. The average Bonchev–Trinajstić information content (AvgIpc) is 3.45. The number of rotatable bonds is 5. The fourth-order valence-electron chi connectivity index (χ4n) is 6.63. The summed E-state index contributed by atoms with van der Waals surface area (Å²) < 4.78 is 6.09. The van der Waals surface area contributed by atoms with E-state index in [1.54, 1.807) is 0 Å². The van der Waals surface area contributed by atoms with Gasteiger partial charge in [0.25, 0.3) is 0 Å². The minimum atomic E-state index is 0.904. The molecule has 7 aromatic carbocycles. The van der Waals surface area contributed by atoms with E-state index in [1.807, 2.05) is 24.3 Å². The molecule has 0 saturated heterocycles. The van der Waals surface area contributed by atoms with Crippen LogP contribution in [0.4, 0.5) is 0 Å². The molecular weight excluding hydrogens is 520 g/mol. The van der Waals surface area contributed by atoms with Gasteiger partial charge in [0.15, 0.2) is 0 Å². The molecule has 1 heterocycles. The minimum absolute atomic E-state index is 0.904. The first-order chi connectivity index (χ1) is 21.2. The van der Waals surface area contributed by atoms with E-state index in [-0.39, 0.29) is 0 Å². The van der Waals surface area contributed by atoms with Gasteiger partial charge in [0.2, 0.25) is 0 Å². The van der Waals surface area contributed by atoms with Crippen molar-refractivity contribution in [1.29, 1.82) is 0 Å². The van der Waals surface area contributed by atoms with Crippen molar-refractivity contribution in [2.75, 3.05) is 0 Å². The maximum Gasteiger partial charge on any atom is 0.135 e. The van der Waals surface area contributed by atoms with Gasteiger partial charge in [-0.15, -0.1) is 0 Å². The smallest absolute Gasteiger partial charge is 0.135 e. The predicted molar refractivity (Wildman–Crippen MR) is 185 cm³/mol. The largest absolute Gasteiger partial charge is 0.456 e. The Morgan fingerprint density at radius 1 is 0.395 bits per heavy atom. The van der Waals surface area contributed by atoms with Crippen LogP contribution in [0.2, 0.25) is 0 Å². The molecule has 0 amide bonds. The summed E-state index contributed by atoms with van der Waals surface area (Å²) in [7, 11) is 0. The fraction of sp³-hybridized carbons (Fsp3) is 0. The van der Waals surface area contributed by atoms with E-state index >= 15 is 0 Å². The van der Waals surface area contributed by atoms with Crippen molar-refractivity contribution >= 4 is 55.6 Å². The molecule has 202 valence electrons.